The van der Waals surface area contributed by atoms with E-state index in [0.29, 0.717) is 0 Å². The van der Waals surface area contributed by atoms with Crippen LogP contribution in [0.25, 0.3) is 4.85 Å². The largest absolute Gasteiger partial charge is 0.238 e. The summed E-state index contributed by atoms with van der Waals surface area (Å²) in [5, 5.41) is 0. The number of nitrogens with zero attached hydrogens (tertiary/aromatic N) is 1. The van der Waals surface area contributed by atoms with Gasteiger partial charge in [-0.05, 0) is 24.8 Å². The van der Waals surface area contributed by atoms with Crippen molar-refractivity contribution in [2.45, 2.75) is 40.0 Å². The van der Waals surface area contributed by atoms with E-state index in [0.717, 1.165) is 5.69 Å². The van der Waals surface area contributed by atoms with Gasteiger partial charge < -0.3 is 0 Å². The van der Waals surface area contributed by atoms with Gasteiger partial charge in [-0.1, -0.05) is 44.0 Å². The van der Waals surface area contributed by atoms with Crippen molar-refractivity contribution in [3.63, 3.8) is 0 Å². The standard InChI is InChI=1S/C13H17N/c1-9-7-11(14-6)8-10(2)12(9)13(3,4)5/h7-8H,1-5H3. The van der Waals surface area contributed by atoms with Crippen molar-refractivity contribution in [1.82, 2.24) is 0 Å². The monoisotopic (exact) mass is 187 g/mol. The van der Waals surface area contributed by atoms with Gasteiger partial charge >= 0.3 is 0 Å². The average molecular weight is 187 g/mol. The predicted octanol–water partition coefficient (Wildman–Crippen LogP) is 4.15. The Kier molecular flexibility index (Phi) is 2.66. The molecule has 0 radical (unpaired) electrons. The molecule has 14 heavy (non-hydrogen) atoms. The van der Waals surface area contributed by atoms with E-state index in [-0.39, 0.29) is 5.41 Å². The van der Waals surface area contributed by atoms with Crippen molar-refractivity contribution in [3.8, 4) is 0 Å². The Morgan fingerprint density at radius 1 is 1.07 bits per heavy atom. The first-order valence-corrected chi connectivity index (χ1v) is 4.85. The van der Waals surface area contributed by atoms with Crippen LogP contribution in [0.2, 0.25) is 0 Å². The van der Waals surface area contributed by atoms with Crippen molar-refractivity contribution in [3.05, 3.63) is 40.2 Å². The molecule has 0 saturated heterocycles. The van der Waals surface area contributed by atoms with E-state index < -0.39 is 0 Å². The summed E-state index contributed by atoms with van der Waals surface area (Å²) in [5.74, 6) is 0. The lowest BCUT2D eigenvalue weighted by molar-refractivity contribution is 0.582. The highest BCUT2D eigenvalue weighted by Gasteiger charge is 2.18. The van der Waals surface area contributed by atoms with E-state index in [1.54, 1.807) is 0 Å². The molecule has 0 heterocycles. The van der Waals surface area contributed by atoms with Crippen LogP contribution in [0, 0.1) is 20.4 Å². The first kappa shape index (κ1) is 10.8. The average Bonchev–Trinajstić information content (AvgIpc) is 1.99. The van der Waals surface area contributed by atoms with Crippen molar-refractivity contribution < 1.29 is 0 Å². The van der Waals surface area contributed by atoms with Gasteiger partial charge in [-0.15, -0.1) is 0 Å². The molecule has 0 aliphatic rings. The third-order valence-electron chi connectivity index (χ3n) is 2.40. The normalized spacial score (nSPS) is 11.1. The van der Waals surface area contributed by atoms with Crippen LogP contribution in [0.3, 0.4) is 0 Å². The number of aryl methyl sites for hydroxylation is 2. The van der Waals surface area contributed by atoms with Crippen LogP contribution < -0.4 is 0 Å². The molecule has 0 atom stereocenters. The number of rotatable bonds is 0. The quantitative estimate of drug-likeness (QED) is 0.537. The highest BCUT2D eigenvalue weighted by molar-refractivity contribution is 5.54. The van der Waals surface area contributed by atoms with Gasteiger partial charge in [0.2, 0.25) is 0 Å². The molecule has 1 aromatic carbocycles. The molecule has 0 aromatic heterocycles. The van der Waals surface area contributed by atoms with Gasteiger partial charge in [-0.25, -0.2) is 4.85 Å². The maximum absolute atomic E-state index is 6.99. The second-order valence-electron chi connectivity index (χ2n) is 4.82. The topological polar surface area (TPSA) is 4.36 Å². The van der Waals surface area contributed by atoms with Gasteiger partial charge in [-0.2, -0.15) is 0 Å². The van der Waals surface area contributed by atoms with E-state index >= 15 is 0 Å². The Balaban J connectivity index is 3.42. The van der Waals surface area contributed by atoms with Crippen LogP contribution >= 0.6 is 0 Å². The lowest BCUT2D eigenvalue weighted by atomic mass is 9.81. The van der Waals surface area contributed by atoms with Gasteiger partial charge in [0.05, 0.1) is 6.57 Å². The van der Waals surface area contributed by atoms with Crippen LogP contribution in [0.15, 0.2) is 12.1 Å². The van der Waals surface area contributed by atoms with Crippen molar-refractivity contribution in [2.24, 2.45) is 0 Å². The zero-order valence-electron chi connectivity index (χ0n) is 9.60. The van der Waals surface area contributed by atoms with Crippen molar-refractivity contribution in [1.29, 1.82) is 0 Å². The first-order valence-electron chi connectivity index (χ1n) is 4.85. The minimum absolute atomic E-state index is 0.161. The summed E-state index contributed by atoms with van der Waals surface area (Å²) in [6.45, 7) is 17.8. The molecule has 0 fully saturated rings. The van der Waals surface area contributed by atoms with Gasteiger partial charge in [0.1, 0.15) is 0 Å². The summed E-state index contributed by atoms with van der Waals surface area (Å²) in [4.78, 5) is 3.47. The van der Waals surface area contributed by atoms with E-state index in [1.807, 2.05) is 12.1 Å². The van der Waals surface area contributed by atoms with Gasteiger partial charge in [-0.3, -0.25) is 0 Å². The number of benzene rings is 1. The molecule has 0 saturated carbocycles. The summed E-state index contributed by atoms with van der Waals surface area (Å²) in [6, 6.07) is 3.95. The molecule has 1 aromatic rings. The predicted molar refractivity (Wildman–Crippen MR) is 60.9 cm³/mol. The third kappa shape index (κ3) is 1.96. The molecule has 0 amide bonds. The molecule has 0 aliphatic heterocycles. The number of hydrogen-bond acceptors (Lipinski definition) is 0. The summed E-state index contributed by atoms with van der Waals surface area (Å²) in [7, 11) is 0. The molecule has 0 unspecified atom stereocenters. The number of hydrogen-bond donors (Lipinski definition) is 0. The van der Waals surface area contributed by atoms with E-state index in [4.69, 9.17) is 6.57 Å². The zero-order chi connectivity index (χ0) is 10.9. The summed E-state index contributed by atoms with van der Waals surface area (Å²) in [6.07, 6.45) is 0. The lowest BCUT2D eigenvalue weighted by Gasteiger charge is -2.24. The Bertz CT molecular complexity index is 366. The molecule has 1 heteroatoms. The molecular formula is C13H17N. The molecule has 0 aliphatic carbocycles. The molecular weight excluding hydrogens is 170 g/mol. The van der Waals surface area contributed by atoms with Crippen LogP contribution in [0.1, 0.15) is 37.5 Å². The molecule has 1 rings (SSSR count). The summed E-state index contributed by atoms with van der Waals surface area (Å²) in [5.41, 5.74) is 4.72. The highest BCUT2D eigenvalue weighted by atomic mass is 14.6. The van der Waals surface area contributed by atoms with Crippen molar-refractivity contribution in [2.75, 3.05) is 0 Å². The van der Waals surface area contributed by atoms with E-state index in [9.17, 15) is 0 Å². The fourth-order valence-electron chi connectivity index (χ4n) is 2.19. The Morgan fingerprint density at radius 3 is 1.79 bits per heavy atom. The van der Waals surface area contributed by atoms with Crippen LogP contribution in [-0.2, 0) is 5.41 Å². The highest BCUT2D eigenvalue weighted by Crippen LogP contribution is 2.31. The molecule has 0 bridgehead atoms. The minimum Gasteiger partial charge on any atom is -0.238 e. The molecule has 0 spiro atoms. The second-order valence-corrected chi connectivity index (χ2v) is 4.82. The zero-order valence-corrected chi connectivity index (χ0v) is 9.60. The first-order chi connectivity index (χ1) is 6.36. The SMILES string of the molecule is [C-]#[N+]c1cc(C)c(C(C)(C)C)c(C)c1. The second kappa shape index (κ2) is 3.46. The van der Waals surface area contributed by atoms with E-state index in [2.05, 4.69) is 39.5 Å². The summed E-state index contributed by atoms with van der Waals surface area (Å²) >= 11 is 0. The van der Waals surface area contributed by atoms with Crippen LogP contribution in [-0.4, -0.2) is 0 Å². The van der Waals surface area contributed by atoms with Crippen LogP contribution in [0.5, 0.6) is 0 Å². The fraction of sp³-hybridized carbons (Fsp3) is 0.462. The Labute approximate surface area is 86.6 Å². The minimum atomic E-state index is 0.161. The lowest BCUT2D eigenvalue weighted by Crippen LogP contribution is -2.14. The fourth-order valence-corrected chi connectivity index (χ4v) is 2.19. The molecule has 0 N–H and O–H groups in total. The Hall–Kier alpha value is -1.29. The maximum Gasteiger partial charge on any atom is 0.187 e. The maximum atomic E-state index is 6.99. The summed E-state index contributed by atoms with van der Waals surface area (Å²) < 4.78 is 0. The van der Waals surface area contributed by atoms with E-state index in [1.165, 1.54) is 16.7 Å². The third-order valence-corrected chi connectivity index (χ3v) is 2.40. The molecule has 74 valence electrons. The smallest absolute Gasteiger partial charge is 0.187 e. The van der Waals surface area contributed by atoms with Gasteiger partial charge in [0, 0.05) is 0 Å². The van der Waals surface area contributed by atoms with Crippen LogP contribution in [0.4, 0.5) is 5.69 Å². The Morgan fingerprint density at radius 2 is 1.50 bits per heavy atom. The molecule has 1 nitrogen and oxygen atoms in total. The van der Waals surface area contributed by atoms with Crippen molar-refractivity contribution >= 4 is 5.69 Å². The van der Waals surface area contributed by atoms with Gasteiger partial charge in [0.25, 0.3) is 0 Å². The van der Waals surface area contributed by atoms with Gasteiger partial charge in [0.15, 0.2) is 5.69 Å².